The van der Waals surface area contributed by atoms with Crippen LogP contribution in [-0.4, -0.2) is 42.1 Å². The van der Waals surface area contributed by atoms with E-state index in [-0.39, 0.29) is 11.7 Å². The molecule has 0 radical (unpaired) electrons. The third-order valence-corrected chi connectivity index (χ3v) is 5.76. The highest BCUT2D eigenvalue weighted by atomic mass is 32.1. The highest BCUT2D eigenvalue weighted by Gasteiger charge is 2.18. The fourth-order valence-electron chi connectivity index (χ4n) is 3.48. The minimum Gasteiger partial charge on any atom is -0.451 e. The first-order valence-corrected chi connectivity index (χ1v) is 10.3. The maximum Gasteiger partial charge on any atom is 0.291 e. The Kier molecular flexibility index (Phi) is 4.71. The van der Waals surface area contributed by atoms with Crippen LogP contribution in [0.5, 0.6) is 0 Å². The van der Waals surface area contributed by atoms with Crippen LogP contribution < -0.4 is 15.5 Å². The molecule has 5 rings (SSSR count). The molecule has 0 spiro atoms. The summed E-state index contributed by atoms with van der Waals surface area (Å²) in [5.41, 5.74) is 5.28. The zero-order chi connectivity index (χ0) is 19.6. The van der Waals surface area contributed by atoms with Gasteiger partial charge >= 0.3 is 0 Å². The average molecular weight is 405 g/mol. The normalized spacial score (nSPS) is 14.3. The number of furan rings is 1. The molecular formula is C21H19N5O2S. The fraction of sp³-hybridized carbons (Fsp3) is 0.190. The Morgan fingerprint density at radius 3 is 2.97 bits per heavy atom. The lowest BCUT2D eigenvalue weighted by molar-refractivity contribution is 0.0997. The van der Waals surface area contributed by atoms with Crippen molar-refractivity contribution < 1.29 is 9.21 Å². The maximum atomic E-state index is 12.8. The first kappa shape index (κ1) is 17.8. The number of piperazine rings is 1. The molecule has 4 aromatic rings. The molecule has 1 fully saturated rings. The van der Waals surface area contributed by atoms with Gasteiger partial charge in [-0.3, -0.25) is 9.78 Å². The molecule has 1 saturated heterocycles. The van der Waals surface area contributed by atoms with Crippen molar-refractivity contribution in [1.82, 2.24) is 15.3 Å². The number of thiazole rings is 1. The van der Waals surface area contributed by atoms with E-state index in [4.69, 9.17) is 4.42 Å². The number of carbonyl (C=O) groups excluding carboxylic acids is 1. The van der Waals surface area contributed by atoms with Crippen LogP contribution in [0.15, 0.2) is 58.7 Å². The maximum absolute atomic E-state index is 12.8. The molecule has 8 heteroatoms. The molecule has 1 aliphatic heterocycles. The Balaban J connectivity index is 1.37. The van der Waals surface area contributed by atoms with Gasteiger partial charge in [0.1, 0.15) is 5.76 Å². The lowest BCUT2D eigenvalue weighted by atomic mass is 10.1. The number of rotatable bonds is 4. The van der Waals surface area contributed by atoms with Crippen LogP contribution in [0.3, 0.4) is 0 Å². The number of anilines is 2. The van der Waals surface area contributed by atoms with E-state index in [0.717, 1.165) is 47.6 Å². The number of nitrogens with one attached hydrogen (secondary N) is 2. The van der Waals surface area contributed by atoms with Crippen molar-refractivity contribution in [1.29, 1.82) is 0 Å². The van der Waals surface area contributed by atoms with Crippen molar-refractivity contribution in [3.63, 3.8) is 0 Å². The molecule has 1 aliphatic rings. The van der Waals surface area contributed by atoms with E-state index in [9.17, 15) is 4.79 Å². The SMILES string of the molecule is O=C(Nc1cnccc1N1CCNCC1)c1ccc(-c2ccc3scnc3c2)o1. The number of carbonyl (C=O) groups is 1. The summed E-state index contributed by atoms with van der Waals surface area (Å²) in [4.78, 5) is 23.5. The number of pyridine rings is 1. The molecule has 0 atom stereocenters. The number of aromatic nitrogens is 2. The van der Waals surface area contributed by atoms with Crippen molar-refractivity contribution in [2.75, 3.05) is 36.4 Å². The molecule has 0 aliphatic carbocycles. The summed E-state index contributed by atoms with van der Waals surface area (Å²) in [6.45, 7) is 3.61. The monoisotopic (exact) mass is 405 g/mol. The van der Waals surface area contributed by atoms with E-state index in [2.05, 4.69) is 25.5 Å². The predicted octanol–water partition coefficient (Wildman–Crippen LogP) is 3.61. The summed E-state index contributed by atoms with van der Waals surface area (Å²) in [5, 5.41) is 6.28. The van der Waals surface area contributed by atoms with E-state index in [0.29, 0.717) is 11.4 Å². The molecule has 4 heterocycles. The van der Waals surface area contributed by atoms with Crippen molar-refractivity contribution in [3.05, 3.63) is 60.1 Å². The number of hydrogen-bond donors (Lipinski definition) is 2. The Bertz CT molecular complexity index is 1160. The summed E-state index contributed by atoms with van der Waals surface area (Å²) >= 11 is 1.60. The van der Waals surface area contributed by atoms with Crippen molar-refractivity contribution in [2.45, 2.75) is 0 Å². The minimum atomic E-state index is -0.296. The van der Waals surface area contributed by atoms with Gasteiger partial charge in [0.15, 0.2) is 5.76 Å². The Morgan fingerprint density at radius 1 is 1.17 bits per heavy atom. The summed E-state index contributed by atoms with van der Waals surface area (Å²) in [6.07, 6.45) is 3.42. The first-order valence-electron chi connectivity index (χ1n) is 9.42. The molecule has 29 heavy (non-hydrogen) atoms. The smallest absolute Gasteiger partial charge is 0.291 e. The van der Waals surface area contributed by atoms with Crippen LogP contribution in [0.4, 0.5) is 11.4 Å². The average Bonchev–Trinajstić information content (AvgIpc) is 3.44. The predicted molar refractivity (Wildman–Crippen MR) is 115 cm³/mol. The van der Waals surface area contributed by atoms with Gasteiger partial charge in [-0.25, -0.2) is 4.98 Å². The number of hydrogen-bond acceptors (Lipinski definition) is 7. The summed E-state index contributed by atoms with van der Waals surface area (Å²) < 4.78 is 6.95. The van der Waals surface area contributed by atoms with E-state index in [1.165, 1.54) is 0 Å². The Hall–Kier alpha value is -3.23. The third kappa shape index (κ3) is 3.59. The molecule has 1 aromatic carbocycles. The molecule has 0 saturated carbocycles. The minimum absolute atomic E-state index is 0.258. The van der Waals surface area contributed by atoms with Gasteiger partial charge in [-0.05, 0) is 36.4 Å². The lowest BCUT2D eigenvalue weighted by Gasteiger charge is -2.30. The number of benzene rings is 1. The zero-order valence-corrected chi connectivity index (χ0v) is 16.4. The molecule has 2 N–H and O–H groups in total. The van der Waals surface area contributed by atoms with Gasteiger partial charge in [0.05, 0.1) is 33.3 Å². The number of nitrogens with zero attached hydrogens (tertiary/aromatic N) is 3. The highest BCUT2D eigenvalue weighted by molar-refractivity contribution is 7.16. The molecule has 146 valence electrons. The van der Waals surface area contributed by atoms with Crippen LogP contribution in [0, 0.1) is 0 Å². The highest BCUT2D eigenvalue weighted by Crippen LogP contribution is 2.29. The van der Waals surface area contributed by atoms with Crippen LogP contribution in [-0.2, 0) is 0 Å². The molecule has 7 nitrogen and oxygen atoms in total. The van der Waals surface area contributed by atoms with Crippen LogP contribution >= 0.6 is 11.3 Å². The van der Waals surface area contributed by atoms with E-state index in [1.54, 1.807) is 29.8 Å². The topological polar surface area (TPSA) is 83.3 Å². The van der Waals surface area contributed by atoms with Crippen molar-refractivity contribution >= 4 is 38.8 Å². The molecular weight excluding hydrogens is 386 g/mol. The lowest BCUT2D eigenvalue weighted by Crippen LogP contribution is -2.43. The second-order valence-electron chi connectivity index (χ2n) is 6.78. The Morgan fingerprint density at radius 2 is 2.07 bits per heavy atom. The van der Waals surface area contributed by atoms with E-state index < -0.39 is 0 Å². The van der Waals surface area contributed by atoms with Gasteiger partial charge in [0.25, 0.3) is 5.91 Å². The van der Waals surface area contributed by atoms with Crippen molar-refractivity contribution in [3.8, 4) is 11.3 Å². The molecule has 3 aromatic heterocycles. The number of amides is 1. The van der Waals surface area contributed by atoms with Gasteiger partial charge in [0.2, 0.25) is 0 Å². The summed E-state index contributed by atoms with van der Waals surface area (Å²) in [6, 6.07) is 11.4. The zero-order valence-electron chi connectivity index (χ0n) is 15.6. The second-order valence-corrected chi connectivity index (χ2v) is 7.67. The second kappa shape index (κ2) is 7.65. The molecule has 0 unspecified atom stereocenters. The van der Waals surface area contributed by atoms with Gasteiger partial charge in [-0.2, -0.15) is 0 Å². The Labute approximate surface area is 171 Å². The molecule has 0 bridgehead atoms. The summed E-state index contributed by atoms with van der Waals surface area (Å²) in [7, 11) is 0. The van der Waals surface area contributed by atoms with Crippen LogP contribution in [0.25, 0.3) is 21.5 Å². The molecule has 1 amide bonds. The third-order valence-electron chi connectivity index (χ3n) is 4.95. The van der Waals surface area contributed by atoms with E-state index >= 15 is 0 Å². The quantitative estimate of drug-likeness (QED) is 0.540. The fourth-order valence-corrected chi connectivity index (χ4v) is 4.13. The van der Waals surface area contributed by atoms with Gasteiger partial charge < -0.3 is 20.0 Å². The van der Waals surface area contributed by atoms with Gasteiger partial charge in [-0.1, -0.05) is 0 Å². The number of fused-ring (bicyclic) bond motifs is 1. The summed E-state index contributed by atoms with van der Waals surface area (Å²) in [5.74, 6) is 0.599. The van der Waals surface area contributed by atoms with Gasteiger partial charge in [-0.15, -0.1) is 11.3 Å². The van der Waals surface area contributed by atoms with E-state index in [1.807, 2.05) is 35.8 Å². The van der Waals surface area contributed by atoms with Crippen LogP contribution in [0.1, 0.15) is 10.6 Å². The largest absolute Gasteiger partial charge is 0.451 e. The van der Waals surface area contributed by atoms with Crippen molar-refractivity contribution in [2.24, 2.45) is 0 Å². The first-order chi connectivity index (χ1) is 14.3. The van der Waals surface area contributed by atoms with Gasteiger partial charge in [0, 0.05) is 37.9 Å². The standard InChI is InChI=1S/C21H19N5O2S/c27-21(25-16-12-23-6-5-17(16)26-9-7-22-8-10-26)19-3-2-18(28-19)14-1-4-20-15(11-14)24-13-29-20/h1-6,11-13,22H,7-10H2,(H,25,27). The van der Waals surface area contributed by atoms with Crippen LogP contribution in [0.2, 0.25) is 0 Å².